The second-order valence-corrected chi connectivity index (χ2v) is 6.87. The molecule has 0 aliphatic rings. The molecule has 3 aromatic rings. The Morgan fingerprint density at radius 1 is 1.18 bits per heavy atom. The van der Waals surface area contributed by atoms with E-state index in [0.717, 1.165) is 21.6 Å². The number of carbonyl (C=O) groups is 1. The highest BCUT2D eigenvalue weighted by molar-refractivity contribution is 6.31. The molecular weight excluding hydrogens is 385 g/mol. The van der Waals surface area contributed by atoms with Crippen LogP contribution in [0, 0.1) is 5.82 Å². The number of halogens is 2. The van der Waals surface area contributed by atoms with Gasteiger partial charge in [0.2, 0.25) is 5.91 Å². The average Bonchev–Trinajstić information content (AvgIpc) is 2.66. The van der Waals surface area contributed by atoms with Crippen molar-refractivity contribution in [2.45, 2.75) is 19.9 Å². The van der Waals surface area contributed by atoms with Crippen LogP contribution in [0.3, 0.4) is 0 Å². The third-order valence-corrected chi connectivity index (χ3v) is 4.71. The van der Waals surface area contributed by atoms with Crippen LogP contribution >= 0.6 is 11.6 Å². The van der Waals surface area contributed by atoms with E-state index in [1.165, 1.54) is 41.3 Å². The molecule has 2 aromatic carbocycles. The van der Waals surface area contributed by atoms with Crippen LogP contribution in [0.15, 0.2) is 52.1 Å². The number of hydrogen-bond donors (Lipinski definition) is 0. The topological polar surface area (TPSA) is 64.3 Å². The maximum Gasteiger partial charge on any atom is 0.336 e. The highest BCUT2D eigenvalue weighted by Crippen LogP contribution is 2.17. The molecule has 1 aromatic heterocycles. The average molecular weight is 404 g/mol. The van der Waals surface area contributed by atoms with Gasteiger partial charge in [-0.05, 0) is 36.8 Å². The molecule has 0 aliphatic heterocycles. The fourth-order valence-electron chi connectivity index (χ4n) is 3.05. The zero-order valence-corrected chi connectivity index (χ0v) is 16.2. The van der Waals surface area contributed by atoms with Crippen molar-refractivity contribution in [3.05, 3.63) is 74.1 Å². The molecule has 3 rings (SSSR count). The lowest BCUT2D eigenvalue weighted by atomic mass is 10.2. The normalized spacial score (nSPS) is 11.0. The quantitative estimate of drug-likeness (QED) is 0.658. The summed E-state index contributed by atoms with van der Waals surface area (Å²) in [4.78, 5) is 40.1. The van der Waals surface area contributed by atoms with Gasteiger partial charge in [0.15, 0.2) is 0 Å². The first-order valence-corrected chi connectivity index (χ1v) is 9.17. The summed E-state index contributed by atoms with van der Waals surface area (Å²) in [6.45, 7) is 2.17. The number of para-hydroxylation sites is 1. The molecule has 6 nitrogen and oxygen atoms in total. The molecule has 146 valence electrons. The van der Waals surface area contributed by atoms with Gasteiger partial charge in [0.1, 0.15) is 12.4 Å². The molecule has 0 saturated carbocycles. The van der Waals surface area contributed by atoms with Crippen molar-refractivity contribution in [1.29, 1.82) is 0 Å². The first-order valence-electron chi connectivity index (χ1n) is 8.79. The Kier molecular flexibility index (Phi) is 5.65. The smallest absolute Gasteiger partial charge is 0.336 e. The van der Waals surface area contributed by atoms with E-state index in [1.54, 1.807) is 7.05 Å². The van der Waals surface area contributed by atoms with Gasteiger partial charge in [0.25, 0.3) is 5.56 Å². The van der Waals surface area contributed by atoms with Gasteiger partial charge in [-0.15, -0.1) is 0 Å². The highest BCUT2D eigenvalue weighted by atomic mass is 35.5. The number of amides is 1. The molecule has 0 aliphatic carbocycles. The number of carbonyl (C=O) groups excluding carboxylic acids is 1. The van der Waals surface area contributed by atoms with Crippen molar-refractivity contribution in [1.82, 2.24) is 14.0 Å². The molecule has 0 radical (unpaired) electrons. The monoisotopic (exact) mass is 403 g/mol. The molecule has 0 spiro atoms. The van der Waals surface area contributed by atoms with Gasteiger partial charge in [-0.25, -0.2) is 13.8 Å². The van der Waals surface area contributed by atoms with E-state index in [4.69, 9.17) is 11.6 Å². The van der Waals surface area contributed by atoms with E-state index >= 15 is 0 Å². The van der Waals surface area contributed by atoms with Crippen LogP contribution in [0.25, 0.3) is 16.6 Å². The van der Waals surface area contributed by atoms with Crippen molar-refractivity contribution in [3.8, 4) is 5.69 Å². The summed E-state index contributed by atoms with van der Waals surface area (Å²) in [6.07, 6.45) is 0.762. The number of fused-ring (bicyclic) bond motifs is 1. The minimum atomic E-state index is -0.803. The van der Waals surface area contributed by atoms with E-state index in [2.05, 4.69) is 0 Å². The van der Waals surface area contributed by atoms with Gasteiger partial charge in [0.05, 0.1) is 16.6 Å². The SMILES string of the molecule is CCCN(C)C(=O)Cn1c(=O)n(-c2ccccc2F)c(=O)c2ccc(Cl)cc21. The molecule has 0 saturated heterocycles. The molecule has 1 amide bonds. The minimum Gasteiger partial charge on any atom is -0.344 e. The first kappa shape index (κ1) is 19.8. The molecular formula is C20H19ClFN3O3. The van der Waals surface area contributed by atoms with Crippen LogP contribution in [0.2, 0.25) is 5.02 Å². The molecule has 0 fully saturated rings. The summed E-state index contributed by atoms with van der Waals surface area (Å²) in [5, 5.41) is 0.483. The van der Waals surface area contributed by atoms with E-state index < -0.39 is 17.1 Å². The Hall–Kier alpha value is -2.93. The largest absolute Gasteiger partial charge is 0.344 e. The molecule has 0 bridgehead atoms. The van der Waals surface area contributed by atoms with Crippen LogP contribution in [-0.2, 0) is 11.3 Å². The molecule has 0 N–H and O–H groups in total. The van der Waals surface area contributed by atoms with Gasteiger partial charge in [-0.1, -0.05) is 30.7 Å². The van der Waals surface area contributed by atoms with Gasteiger partial charge >= 0.3 is 5.69 Å². The van der Waals surface area contributed by atoms with Crippen molar-refractivity contribution in [2.75, 3.05) is 13.6 Å². The second kappa shape index (κ2) is 7.98. The van der Waals surface area contributed by atoms with E-state index in [1.807, 2.05) is 6.92 Å². The predicted octanol–water partition coefficient (Wildman–Crippen LogP) is 2.81. The Morgan fingerprint density at radius 3 is 2.57 bits per heavy atom. The molecule has 0 unspecified atom stereocenters. The first-order chi connectivity index (χ1) is 13.3. The molecule has 1 heterocycles. The summed E-state index contributed by atoms with van der Waals surface area (Å²) in [7, 11) is 1.64. The Morgan fingerprint density at radius 2 is 1.89 bits per heavy atom. The maximum absolute atomic E-state index is 14.3. The summed E-state index contributed by atoms with van der Waals surface area (Å²) in [6, 6.07) is 9.93. The predicted molar refractivity (Wildman–Crippen MR) is 107 cm³/mol. The van der Waals surface area contributed by atoms with Crippen LogP contribution in [-0.4, -0.2) is 33.5 Å². The Labute approximate surface area is 165 Å². The number of likely N-dealkylation sites (N-methyl/N-ethyl adjacent to an activating group) is 1. The summed E-state index contributed by atoms with van der Waals surface area (Å²) in [5.74, 6) is -1.01. The standard InChI is InChI=1S/C20H19ClFN3O3/c1-3-10-23(2)18(26)12-24-17-11-13(21)8-9-14(17)19(27)25(20(24)28)16-7-5-4-6-15(16)22/h4-9,11H,3,10,12H2,1-2H3. The lowest BCUT2D eigenvalue weighted by Crippen LogP contribution is -2.42. The van der Waals surface area contributed by atoms with Gasteiger partial charge in [-0.3, -0.25) is 14.2 Å². The van der Waals surface area contributed by atoms with Crippen LogP contribution in [0.4, 0.5) is 4.39 Å². The lowest BCUT2D eigenvalue weighted by molar-refractivity contribution is -0.130. The molecule has 0 atom stereocenters. The summed E-state index contributed by atoms with van der Waals surface area (Å²) >= 11 is 6.05. The van der Waals surface area contributed by atoms with Crippen molar-refractivity contribution < 1.29 is 9.18 Å². The Balaban J connectivity index is 2.31. The number of hydrogen-bond acceptors (Lipinski definition) is 3. The van der Waals surface area contributed by atoms with Gasteiger partial charge in [0, 0.05) is 18.6 Å². The maximum atomic E-state index is 14.3. The lowest BCUT2D eigenvalue weighted by Gasteiger charge is -2.19. The van der Waals surface area contributed by atoms with Gasteiger partial charge in [-0.2, -0.15) is 0 Å². The van der Waals surface area contributed by atoms with Crippen molar-refractivity contribution >= 4 is 28.4 Å². The van der Waals surface area contributed by atoms with Crippen LogP contribution in [0.5, 0.6) is 0 Å². The fraction of sp³-hybridized carbons (Fsp3) is 0.250. The summed E-state index contributed by atoms with van der Waals surface area (Å²) < 4.78 is 16.2. The van der Waals surface area contributed by atoms with E-state index in [-0.39, 0.29) is 29.0 Å². The highest BCUT2D eigenvalue weighted by Gasteiger charge is 2.19. The Bertz CT molecular complexity index is 1170. The second-order valence-electron chi connectivity index (χ2n) is 6.44. The third-order valence-electron chi connectivity index (χ3n) is 4.48. The molecule has 8 heteroatoms. The summed E-state index contributed by atoms with van der Waals surface area (Å²) in [5.41, 5.74) is -1.42. The van der Waals surface area contributed by atoms with E-state index in [9.17, 15) is 18.8 Å². The van der Waals surface area contributed by atoms with Gasteiger partial charge < -0.3 is 4.90 Å². The van der Waals surface area contributed by atoms with Crippen molar-refractivity contribution in [3.63, 3.8) is 0 Å². The number of rotatable bonds is 5. The van der Waals surface area contributed by atoms with Crippen LogP contribution < -0.4 is 11.2 Å². The minimum absolute atomic E-state index is 0.165. The van der Waals surface area contributed by atoms with Crippen LogP contribution in [0.1, 0.15) is 13.3 Å². The number of benzene rings is 2. The van der Waals surface area contributed by atoms with Crippen molar-refractivity contribution in [2.24, 2.45) is 0 Å². The number of nitrogens with zero attached hydrogens (tertiary/aromatic N) is 3. The van der Waals surface area contributed by atoms with E-state index in [0.29, 0.717) is 11.6 Å². The molecule has 28 heavy (non-hydrogen) atoms. The number of aromatic nitrogens is 2. The fourth-order valence-corrected chi connectivity index (χ4v) is 3.22. The zero-order chi connectivity index (χ0) is 20.4. The zero-order valence-electron chi connectivity index (χ0n) is 15.5. The third kappa shape index (κ3) is 3.57.